The number of hydrogen-bond acceptors (Lipinski definition) is 6. The largest absolute Gasteiger partial charge is 0.490 e. The molecule has 2 fully saturated rings. The number of pyridine rings is 1. The van der Waals surface area contributed by atoms with Gasteiger partial charge in [0.25, 0.3) is 0 Å². The number of H-pyrrole nitrogens is 1. The summed E-state index contributed by atoms with van der Waals surface area (Å²) in [5, 5.41) is 10.6. The molecule has 1 saturated heterocycles. The summed E-state index contributed by atoms with van der Waals surface area (Å²) in [6, 6.07) is 5.21. The molecule has 6 rings (SSSR count). The Hall–Kier alpha value is -3.18. The second kappa shape index (κ2) is 10.8. The molecule has 1 N–H and O–H groups in total. The fourth-order valence-electron chi connectivity index (χ4n) is 6.16. The first-order chi connectivity index (χ1) is 18.9. The first-order valence-corrected chi connectivity index (χ1v) is 15.1. The number of piperidine rings is 1. The third-order valence-electron chi connectivity index (χ3n) is 8.19. The number of hydrogen-bond donors (Lipinski definition) is 1. The van der Waals surface area contributed by atoms with Crippen molar-refractivity contribution in [2.75, 3.05) is 25.4 Å². The molecule has 4 heterocycles. The molecule has 3 aromatic heterocycles. The van der Waals surface area contributed by atoms with Gasteiger partial charge in [-0.15, -0.1) is 5.10 Å². The predicted octanol–water partition coefficient (Wildman–Crippen LogP) is 5.18. The summed E-state index contributed by atoms with van der Waals surface area (Å²) in [6.45, 7) is 1.04. The van der Waals surface area contributed by atoms with Gasteiger partial charge in [0.05, 0.1) is 24.8 Å². The van der Waals surface area contributed by atoms with E-state index in [2.05, 4.69) is 20.2 Å². The summed E-state index contributed by atoms with van der Waals surface area (Å²) in [5.74, 6) is -0.932. The minimum atomic E-state index is -3.43. The molecule has 1 aliphatic heterocycles. The van der Waals surface area contributed by atoms with E-state index in [4.69, 9.17) is 4.74 Å². The standard InChI is InChI=1S/C28H31F2N5O3S/c29-21-7-8-26(24(30)12-21)38-16-19-2-1-11-35(15-19)39(36,37)17-18-3-5-20(6-4-18)23-13-33-34-25-14-32-28-22(27(23)25)9-10-31-28/h7-10,12-14,18-20H,1-6,11,15-17H2,(H,31,32). The molecular formula is C28H31F2N5O3S. The molecule has 1 aromatic carbocycles. The Labute approximate surface area is 225 Å². The summed E-state index contributed by atoms with van der Waals surface area (Å²) in [7, 11) is -3.43. The van der Waals surface area contributed by atoms with Gasteiger partial charge in [-0.2, -0.15) is 5.10 Å². The van der Waals surface area contributed by atoms with Crippen LogP contribution >= 0.6 is 0 Å². The Morgan fingerprint density at radius 2 is 1.90 bits per heavy atom. The van der Waals surface area contributed by atoms with Crippen LogP contribution in [0, 0.1) is 23.5 Å². The Kier molecular flexibility index (Phi) is 7.20. The van der Waals surface area contributed by atoms with E-state index >= 15 is 0 Å². The van der Waals surface area contributed by atoms with Gasteiger partial charge in [-0.3, -0.25) is 0 Å². The summed E-state index contributed by atoms with van der Waals surface area (Å²) in [5.41, 5.74) is 2.75. The van der Waals surface area contributed by atoms with Crippen molar-refractivity contribution in [3.8, 4) is 5.75 Å². The average molecular weight is 556 g/mol. The van der Waals surface area contributed by atoms with E-state index in [9.17, 15) is 17.2 Å². The molecule has 1 unspecified atom stereocenters. The molecule has 0 radical (unpaired) electrons. The summed E-state index contributed by atoms with van der Waals surface area (Å²) in [6.07, 6.45) is 10.5. The number of aromatic amines is 1. The lowest BCUT2D eigenvalue weighted by molar-refractivity contribution is 0.175. The molecule has 206 valence electrons. The van der Waals surface area contributed by atoms with Gasteiger partial charge in [-0.1, -0.05) is 0 Å². The van der Waals surface area contributed by atoms with Crippen LogP contribution in [0.2, 0.25) is 0 Å². The zero-order chi connectivity index (χ0) is 27.0. The number of nitrogens with one attached hydrogen (secondary N) is 1. The maximum absolute atomic E-state index is 13.9. The van der Waals surface area contributed by atoms with Crippen LogP contribution in [0.3, 0.4) is 0 Å². The first kappa shape index (κ1) is 26.1. The van der Waals surface area contributed by atoms with Crippen LogP contribution in [-0.2, 0) is 10.0 Å². The Morgan fingerprint density at radius 3 is 2.72 bits per heavy atom. The molecule has 1 aliphatic carbocycles. The van der Waals surface area contributed by atoms with Gasteiger partial charge in [0.15, 0.2) is 11.6 Å². The predicted molar refractivity (Wildman–Crippen MR) is 144 cm³/mol. The Morgan fingerprint density at radius 1 is 1.05 bits per heavy atom. The quantitative estimate of drug-likeness (QED) is 0.337. The van der Waals surface area contributed by atoms with Crippen LogP contribution < -0.4 is 4.74 Å². The highest BCUT2D eigenvalue weighted by molar-refractivity contribution is 7.89. The molecule has 0 spiro atoms. The van der Waals surface area contributed by atoms with E-state index in [1.54, 1.807) is 10.5 Å². The lowest BCUT2D eigenvalue weighted by atomic mass is 9.79. The van der Waals surface area contributed by atoms with Crippen LogP contribution in [-0.4, -0.2) is 58.3 Å². The number of nitrogens with zero attached hydrogens (tertiary/aromatic N) is 4. The third-order valence-corrected chi connectivity index (χ3v) is 10.2. The number of ether oxygens (including phenoxy) is 1. The average Bonchev–Trinajstić information content (AvgIpc) is 3.42. The molecular weight excluding hydrogens is 524 g/mol. The minimum absolute atomic E-state index is 0.0150. The number of halogens is 2. The molecule has 1 saturated carbocycles. The normalized spacial score (nSPS) is 22.9. The number of fused-ring (bicyclic) bond motifs is 3. The van der Waals surface area contributed by atoms with Crippen molar-refractivity contribution < 1.29 is 21.9 Å². The van der Waals surface area contributed by atoms with Gasteiger partial charge >= 0.3 is 0 Å². The molecule has 0 bridgehead atoms. The van der Waals surface area contributed by atoms with Crippen molar-refractivity contribution in [2.45, 2.75) is 44.4 Å². The highest BCUT2D eigenvalue weighted by Gasteiger charge is 2.33. The second-order valence-corrected chi connectivity index (χ2v) is 12.8. The Balaban J connectivity index is 1.07. The van der Waals surface area contributed by atoms with Crippen LogP contribution in [0.4, 0.5) is 8.78 Å². The van der Waals surface area contributed by atoms with E-state index in [1.165, 1.54) is 6.07 Å². The van der Waals surface area contributed by atoms with Gasteiger partial charge in [0, 0.05) is 42.0 Å². The van der Waals surface area contributed by atoms with Crippen LogP contribution in [0.5, 0.6) is 5.75 Å². The minimum Gasteiger partial charge on any atom is -0.490 e. The van der Waals surface area contributed by atoms with Crippen molar-refractivity contribution in [2.24, 2.45) is 11.8 Å². The molecule has 1 atom stereocenters. The van der Waals surface area contributed by atoms with E-state index in [0.717, 1.165) is 78.2 Å². The maximum atomic E-state index is 13.9. The molecule has 2 aliphatic rings. The monoisotopic (exact) mass is 555 g/mol. The van der Waals surface area contributed by atoms with Crippen molar-refractivity contribution in [1.29, 1.82) is 0 Å². The summed E-state index contributed by atoms with van der Waals surface area (Å²) >= 11 is 0. The number of benzene rings is 1. The third kappa shape index (κ3) is 5.47. The van der Waals surface area contributed by atoms with Gasteiger partial charge in [-0.25, -0.2) is 26.5 Å². The molecule has 4 aromatic rings. The fourth-order valence-corrected chi connectivity index (χ4v) is 8.15. The van der Waals surface area contributed by atoms with Crippen molar-refractivity contribution >= 4 is 32.0 Å². The Bertz CT molecular complexity index is 1590. The SMILES string of the molecule is O=S(=O)(CC1CCC(c2cnnc3cnc4[nH]ccc4c23)CC1)N1CCCC(COc2ccc(F)cc2F)C1. The fraction of sp³-hybridized carbons (Fsp3) is 0.464. The molecule has 8 nitrogen and oxygen atoms in total. The lowest BCUT2D eigenvalue weighted by Crippen LogP contribution is -2.43. The van der Waals surface area contributed by atoms with Crippen LogP contribution in [0.25, 0.3) is 21.9 Å². The van der Waals surface area contributed by atoms with Gasteiger partial charge in [0.2, 0.25) is 10.0 Å². The van der Waals surface area contributed by atoms with E-state index in [-0.39, 0.29) is 29.9 Å². The molecule has 11 heteroatoms. The highest BCUT2D eigenvalue weighted by Crippen LogP contribution is 2.40. The van der Waals surface area contributed by atoms with Crippen molar-refractivity contribution in [3.63, 3.8) is 0 Å². The number of aromatic nitrogens is 4. The first-order valence-electron chi connectivity index (χ1n) is 13.5. The van der Waals surface area contributed by atoms with E-state index in [1.807, 2.05) is 18.5 Å². The summed E-state index contributed by atoms with van der Waals surface area (Å²) < 4.78 is 60.9. The summed E-state index contributed by atoms with van der Waals surface area (Å²) in [4.78, 5) is 7.58. The van der Waals surface area contributed by atoms with Crippen molar-refractivity contribution in [1.82, 2.24) is 24.5 Å². The lowest BCUT2D eigenvalue weighted by Gasteiger charge is -2.34. The topological polar surface area (TPSA) is 101 Å². The zero-order valence-electron chi connectivity index (χ0n) is 21.5. The molecule has 39 heavy (non-hydrogen) atoms. The van der Waals surface area contributed by atoms with E-state index in [0.29, 0.717) is 19.0 Å². The molecule has 0 amide bonds. The van der Waals surface area contributed by atoms with Gasteiger partial charge < -0.3 is 9.72 Å². The van der Waals surface area contributed by atoms with Crippen molar-refractivity contribution in [3.05, 3.63) is 60.1 Å². The van der Waals surface area contributed by atoms with Gasteiger partial charge in [-0.05, 0) is 74.1 Å². The zero-order valence-corrected chi connectivity index (χ0v) is 22.3. The van der Waals surface area contributed by atoms with Gasteiger partial charge in [0.1, 0.15) is 17.0 Å². The number of rotatable bonds is 7. The van der Waals surface area contributed by atoms with Crippen LogP contribution in [0.1, 0.15) is 50.0 Å². The highest BCUT2D eigenvalue weighted by atomic mass is 32.2. The smallest absolute Gasteiger partial charge is 0.214 e. The number of sulfonamides is 1. The second-order valence-electron chi connectivity index (χ2n) is 10.8. The van der Waals surface area contributed by atoms with E-state index < -0.39 is 21.7 Å². The maximum Gasteiger partial charge on any atom is 0.214 e. The van der Waals surface area contributed by atoms with Crippen LogP contribution in [0.15, 0.2) is 42.9 Å².